The third-order valence-electron chi connectivity index (χ3n) is 2.20. The fraction of sp³-hybridized carbons (Fsp3) is 0.400. The minimum Gasteiger partial charge on any atom is -0.384 e. The van der Waals surface area contributed by atoms with E-state index >= 15 is 0 Å². The van der Waals surface area contributed by atoms with E-state index in [1.54, 1.807) is 7.11 Å². The van der Waals surface area contributed by atoms with Crippen molar-refractivity contribution in [1.29, 1.82) is 0 Å². The number of methoxy groups -OCH3 is 1. The van der Waals surface area contributed by atoms with Crippen molar-refractivity contribution in [1.82, 2.24) is 0 Å². The zero-order valence-electron chi connectivity index (χ0n) is 7.26. The summed E-state index contributed by atoms with van der Waals surface area (Å²) in [5.41, 5.74) is 3.95. The van der Waals surface area contributed by atoms with Crippen molar-refractivity contribution in [2.75, 3.05) is 19.0 Å². The molecule has 2 heteroatoms. The first-order chi connectivity index (χ1) is 5.90. The minimum absolute atomic E-state index is 0.703. The number of hydrogen-bond acceptors (Lipinski definition) is 2. The van der Waals surface area contributed by atoms with Gasteiger partial charge in [-0.3, -0.25) is 0 Å². The van der Waals surface area contributed by atoms with Gasteiger partial charge < -0.3 is 10.1 Å². The summed E-state index contributed by atoms with van der Waals surface area (Å²) in [5.74, 6) is 0. The fourth-order valence-electron chi connectivity index (χ4n) is 1.59. The number of benzene rings is 1. The fourth-order valence-corrected chi connectivity index (χ4v) is 1.59. The lowest BCUT2D eigenvalue weighted by Gasteiger charge is -2.03. The second-order valence-corrected chi connectivity index (χ2v) is 3.10. The Bertz CT molecular complexity index is 283. The molecule has 1 heterocycles. The highest BCUT2D eigenvalue weighted by atomic mass is 16.5. The Morgan fingerprint density at radius 3 is 3.25 bits per heavy atom. The SMILES string of the molecule is COCc1ccc2c(c1)NCC2. The van der Waals surface area contributed by atoms with Gasteiger partial charge >= 0.3 is 0 Å². The Balaban J connectivity index is 2.26. The summed E-state index contributed by atoms with van der Waals surface area (Å²) in [6, 6.07) is 6.49. The molecule has 1 aliphatic rings. The molecule has 0 amide bonds. The van der Waals surface area contributed by atoms with Gasteiger partial charge in [0.15, 0.2) is 0 Å². The Kier molecular flexibility index (Phi) is 2.00. The maximum Gasteiger partial charge on any atom is 0.0713 e. The molecule has 0 unspecified atom stereocenters. The molecule has 12 heavy (non-hydrogen) atoms. The van der Waals surface area contributed by atoms with Crippen LogP contribution in [0.1, 0.15) is 11.1 Å². The van der Waals surface area contributed by atoms with Crippen LogP contribution in [0.2, 0.25) is 0 Å². The number of ether oxygens (including phenoxy) is 1. The summed E-state index contributed by atoms with van der Waals surface area (Å²) >= 11 is 0. The van der Waals surface area contributed by atoms with Crippen LogP contribution in [0.25, 0.3) is 0 Å². The van der Waals surface area contributed by atoms with E-state index in [1.807, 2.05) is 0 Å². The normalized spacial score (nSPS) is 14.1. The Labute approximate surface area is 72.5 Å². The van der Waals surface area contributed by atoms with Gasteiger partial charge in [-0.2, -0.15) is 0 Å². The van der Waals surface area contributed by atoms with Crippen molar-refractivity contribution in [2.45, 2.75) is 13.0 Å². The monoisotopic (exact) mass is 163 g/mol. The zero-order valence-corrected chi connectivity index (χ0v) is 7.26. The summed E-state index contributed by atoms with van der Waals surface area (Å²) in [6.07, 6.45) is 1.16. The van der Waals surface area contributed by atoms with Gasteiger partial charge in [-0.1, -0.05) is 12.1 Å². The van der Waals surface area contributed by atoms with Gasteiger partial charge in [0, 0.05) is 19.3 Å². The first kappa shape index (κ1) is 7.62. The standard InChI is InChI=1S/C10H13NO/c1-12-7-8-2-3-9-4-5-11-10(9)6-8/h2-3,6,11H,4-5,7H2,1H3. The molecule has 1 aliphatic heterocycles. The molecular weight excluding hydrogens is 150 g/mol. The van der Waals surface area contributed by atoms with E-state index < -0.39 is 0 Å². The van der Waals surface area contributed by atoms with Gasteiger partial charge in [0.25, 0.3) is 0 Å². The van der Waals surface area contributed by atoms with Crippen LogP contribution in [0.3, 0.4) is 0 Å². The van der Waals surface area contributed by atoms with Crippen LogP contribution in [-0.2, 0) is 17.8 Å². The predicted molar refractivity (Wildman–Crippen MR) is 49.3 cm³/mol. The van der Waals surface area contributed by atoms with Crippen molar-refractivity contribution in [3.63, 3.8) is 0 Å². The molecule has 0 saturated heterocycles. The van der Waals surface area contributed by atoms with E-state index in [1.165, 1.54) is 16.8 Å². The van der Waals surface area contributed by atoms with Crippen LogP contribution in [0.5, 0.6) is 0 Å². The zero-order chi connectivity index (χ0) is 8.39. The quantitative estimate of drug-likeness (QED) is 0.717. The molecule has 0 aromatic heterocycles. The van der Waals surface area contributed by atoms with Gasteiger partial charge in [-0.25, -0.2) is 0 Å². The molecule has 0 radical (unpaired) electrons. The van der Waals surface area contributed by atoms with Gasteiger partial charge in [0.05, 0.1) is 6.61 Å². The molecular formula is C10H13NO. The van der Waals surface area contributed by atoms with Crippen molar-refractivity contribution < 1.29 is 4.74 Å². The molecule has 0 fully saturated rings. The van der Waals surface area contributed by atoms with Crippen LogP contribution in [0, 0.1) is 0 Å². The summed E-state index contributed by atoms with van der Waals surface area (Å²) in [6.45, 7) is 1.78. The van der Waals surface area contributed by atoms with Crippen molar-refractivity contribution in [2.24, 2.45) is 0 Å². The van der Waals surface area contributed by atoms with Gasteiger partial charge in [-0.05, 0) is 23.6 Å². The molecule has 2 rings (SSSR count). The van der Waals surface area contributed by atoms with Crippen LogP contribution in [-0.4, -0.2) is 13.7 Å². The topological polar surface area (TPSA) is 21.3 Å². The molecule has 0 atom stereocenters. The molecule has 0 aliphatic carbocycles. The summed E-state index contributed by atoms with van der Waals surface area (Å²) < 4.78 is 5.06. The lowest BCUT2D eigenvalue weighted by molar-refractivity contribution is 0.185. The predicted octanol–water partition coefficient (Wildman–Crippen LogP) is 1.80. The summed E-state index contributed by atoms with van der Waals surface area (Å²) in [4.78, 5) is 0. The number of rotatable bonds is 2. The van der Waals surface area contributed by atoms with E-state index in [2.05, 4.69) is 23.5 Å². The average molecular weight is 163 g/mol. The molecule has 64 valence electrons. The number of nitrogens with one attached hydrogen (secondary N) is 1. The molecule has 1 aromatic rings. The van der Waals surface area contributed by atoms with Gasteiger partial charge in [0.1, 0.15) is 0 Å². The first-order valence-electron chi connectivity index (χ1n) is 4.25. The maximum absolute atomic E-state index is 5.06. The van der Waals surface area contributed by atoms with Gasteiger partial charge in [-0.15, -0.1) is 0 Å². The smallest absolute Gasteiger partial charge is 0.0713 e. The highest BCUT2D eigenvalue weighted by Gasteiger charge is 2.09. The second-order valence-electron chi connectivity index (χ2n) is 3.10. The highest BCUT2D eigenvalue weighted by molar-refractivity contribution is 5.56. The highest BCUT2D eigenvalue weighted by Crippen LogP contribution is 2.23. The van der Waals surface area contributed by atoms with E-state index in [9.17, 15) is 0 Å². The van der Waals surface area contributed by atoms with Crippen molar-refractivity contribution >= 4 is 5.69 Å². The molecule has 0 saturated carbocycles. The molecule has 2 nitrogen and oxygen atoms in total. The number of fused-ring (bicyclic) bond motifs is 1. The average Bonchev–Trinajstić information content (AvgIpc) is 2.51. The molecule has 1 aromatic carbocycles. The maximum atomic E-state index is 5.06. The summed E-state index contributed by atoms with van der Waals surface area (Å²) in [7, 11) is 1.72. The number of hydrogen-bond donors (Lipinski definition) is 1. The Hall–Kier alpha value is -1.02. The van der Waals surface area contributed by atoms with E-state index in [0.29, 0.717) is 6.61 Å². The lowest BCUT2D eigenvalue weighted by atomic mass is 10.1. The van der Waals surface area contributed by atoms with E-state index in [0.717, 1.165) is 13.0 Å². The summed E-state index contributed by atoms with van der Waals surface area (Å²) in [5, 5.41) is 3.34. The van der Waals surface area contributed by atoms with Crippen LogP contribution >= 0.6 is 0 Å². The first-order valence-corrected chi connectivity index (χ1v) is 4.25. The van der Waals surface area contributed by atoms with Crippen LogP contribution in [0.15, 0.2) is 18.2 Å². The molecule has 1 N–H and O–H groups in total. The Morgan fingerprint density at radius 2 is 2.42 bits per heavy atom. The van der Waals surface area contributed by atoms with E-state index in [4.69, 9.17) is 4.74 Å². The lowest BCUT2D eigenvalue weighted by Crippen LogP contribution is -1.92. The largest absolute Gasteiger partial charge is 0.384 e. The van der Waals surface area contributed by atoms with Crippen molar-refractivity contribution in [3.8, 4) is 0 Å². The van der Waals surface area contributed by atoms with Crippen LogP contribution < -0.4 is 5.32 Å². The molecule has 0 spiro atoms. The van der Waals surface area contributed by atoms with E-state index in [-0.39, 0.29) is 0 Å². The van der Waals surface area contributed by atoms with Crippen LogP contribution in [0.4, 0.5) is 5.69 Å². The number of anilines is 1. The third kappa shape index (κ3) is 1.30. The third-order valence-corrected chi connectivity index (χ3v) is 2.20. The second kappa shape index (κ2) is 3.15. The Morgan fingerprint density at radius 1 is 1.50 bits per heavy atom. The van der Waals surface area contributed by atoms with Crippen molar-refractivity contribution in [3.05, 3.63) is 29.3 Å². The molecule has 0 bridgehead atoms. The minimum atomic E-state index is 0.703. The van der Waals surface area contributed by atoms with Gasteiger partial charge in [0.2, 0.25) is 0 Å².